The van der Waals surface area contributed by atoms with E-state index in [1.807, 2.05) is 0 Å². The van der Waals surface area contributed by atoms with Gasteiger partial charge in [0.05, 0.1) is 6.61 Å². The summed E-state index contributed by atoms with van der Waals surface area (Å²) in [6, 6.07) is 4.39. The summed E-state index contributed by atoms with van der Waals surface area (Å²) in [4.78, 5) is 0. The third-order valence-electron chi connectivity index (χ3n) is 2.24. The number of anilines is 1. The first-order chi connectivity index (χ1) is 8.11. The predicted octanol–water partition coefficient (Wildman–Crippen LogP) is 2.86. The van der Waals surface area contributed by atoms with Crippen LogP contribution in [0.1, 0.15) is 5.56 Å². The number of hydrogen-bond acceptors (Lipinski definition) is 4. The SMILES string of the molecule is COCc1c(F)cc(-c2cc(N)no2)cc1Cl. The van der Waals surface area contributed by atoms with Crippen LogP contribution in [0.2, 0.25) is 5.02 Å². The van der Waals surface area contributed by atoms with Gasteiger partial charge in [-0.3, -0.25) is 0 Å². The molecule has 0 aliphatic heterocycles. The van der Waals surface area contributed by atoms with E-state index >= 15 is 0 Å². The molecule has 0 aliphatic rings. The molecule has 0 aliphatic carbocycles. The molecule has 0 saturated carbocycles. The van der Waals surface area contributed by atoms with Crippen LogP contribution in [-0.4, -0.2) is 12.3 Å². The second-order valence-electron chi connectivity index (χ2n) is 3.47. The zero-order chi connectivity index (χ0) is 12.4. The van der Waals surface area contributed by atoms with E-state index in [1.54, 1.807) is 6.07 Å². The van der Waals surface area contributed by atoms with Crippen molar-refractivity contribution in [2.45, 2.75) is 6.61 Å². The standard InChI is InChI=1S/C11H10ClFN2O2/c1-16-5-7-8(12)2-6(3-9(7)13)10-4-11(14)15-17-10/h2-4H,5H2,1H3,(H2,14,15). The van der Waals surface area contributed by atoms with Crippen molar-refractivity contribution in [3.05, 3.63) is 34.6 Å². The summed E-state index contributed by atoms with van der Waals surface area (Å²) in [6.45, 7) is 0.115. The van der Waals surface area contributed by atoms with E-state index in [-0.39, 0.29) is 17.4 Å². The maximum atomic E-state index is 13.7. The molecule has 2 aromatic rings. The first kappa shape index (κ1) is 11.9. The van der Waals surface area contributed by atoms with E-state index < -0.39 is 5.82 Å². The molecule has 0 atom stereocenters. The minimum Gasteiger partial charge on any atom is -0.381 e. The lowest BCUT2D eigenvalue weighted by atomic mass is 10.1. The zero-order valence-corrected chi connectivity index (χ0v) is 9.79. The van der Waals surface area contributed by atoms with Crippen LogP contribution >= 0.6 is 11.6 Å². The fourth-order valence-electron chi connectivity index (χ4n) is 1.45. The number of benzene rings is 1. The maximum absolute atomic E-state index is 13.7. The summed E-state index contributed by atoms with van der Waals surface area (Å²) in [5.74, 6) is 0.147. The van der Waals surface area contributed by atoms with Crippen LogP contribution in [0.4, 0.5) is 10.2 Å². The van der Waals surface area contributed by atoms with Crippen molar-refractivity contribution in [3.63, 3.8) is 0 Å². The Morgan fingerprint density at radius 1 is 1.47 bits per heavy atom. The Hall–Kier alpha value is -1.59. The Balaban J connectivity index is 2.45. The molecule has 2 N–H and O–H groups in total. The average molecular weight is 257 g/mol. The van der Waals surface area contributed by atoms with Gasteiger partial charge in [0.15, 0.2) is 11.6 Å². The Morgan fingerprint density at radius 3 is 2.76 bits per heavy atom. The van der Waals surface area contributed by atoms with Crippen molar-refractivity contribution in [3.8, 4) is 11.3 Å². The van der Waals surface area contributed by atoms with Gasteiger partial charge in [-0.15, -0.1) is 0 Å². The molecule has 6 heteroatoms. The number of hydrogen-bond donors (Lipinski definition) is 1. The van der Waals surface area contributed by atoms with Gasteiger partial charge in [0.2, 0.25) is 0 Å². The minimum atomic E-state index is -0.454. The normalized spacial score (nSPS) is 10.8. The van der Waals surface area contributed by atoms with Crippen LogP contribution in [0.3, 0.4) is 0 Å². The molecule has 17 heavy (non-hydrogen) atoms. The second kappa shape index (κ2) is 4.73. The molecular formula is C11H10ClFN2O2. The van der Waals surface area contributed by atoms with Crippen LogP contribution in [0.25, 0.3) is 11.3 Å². The van der Waals surface area contributed by atoms with Crippen LogP contribution in [0.15, 0.2) is 22.7 Å². The molecule has 2 rings (SSSR count). The Bertz CT molecular complexity index is 519. The third kappa shape index (κ3) is 2.40. The first-order valence-electron chi connectivity index (χ1n) is 4.81. The number of rotatable bonds is 3. The molecule has 0 fully saturated rings. The van der Waals surface area contributed by atoms with Crippen molar-refractivity contribution in [1.82, 2.24) is 5.16 Å². The van der Waals surface area contributed by atoms with Gasteiger partial charge in [-0.1, -0.05) is 16.8 Å². The van der Waals surface area contributed by atoms with Crippen molar-refractivity contribution < 1.29 is 13.7 Å². The molecule has 0 spiro atoms. The Kier molecular flexibility index (Phi) is 3.31. The molecule has 0 radical (unpaired) electrons. The lowest BCUT2D eigenvalue weighted by Gasteiger charge is -2.06. The number of nitrogens with zero attached hydrogens (tertiary/aromatic N) is 1. The fraction of sp³-hybridized carbons (Fsp3) is 0.182. The highest BCUT2D eigenvalue weighted by atomic mass is 35.5. The van der Waals surface area contributed by atoms with E-state index in [0.29, 0.717) is 16.9 Å². The number of nitrogen functional groups attached to an aromatic ring is 1. The van der Waals surface area contributed by atoms with Crippen molar-refractivity contribution in [1.29, 1.82) is 0 Å². The van der Waals surface area contributed by atoms with Crippen LogP contribution in [-0.2, 0) is 11.3 Å². The lowest BCUT2D eigenvalue weighted by Crippen LogP contribution is -1.95. The number of methoxy groups -OCH3 is 1. The predicted molar refractivity (Wildman–Crippen MR) is 62.0 cm³/mol. The molecule has 1 aromatic carbocycles. The molecular weight excluding hydrogens is 247 g/mol. The largest absolute Gasteiger partial charge is 0.381 e. The van der Waals surface area contributed by atoms with Crippen LogP contribution in [0.5, 0.6) is 0 Å². The summed E-state index contributed by atoms with van der Waals surface area (Å²) in [5, 5.41) is 3.80. The van der Waals surface area contributed by atoms with Gasteiger partial charge in [-0.2, -0.15) is 0 Å². The number of aromatic nitrogens is 1. The highest BCUT2D eigenvalue weighted by Crippen LogP contribution is 2.29. The smallest absolute Gasteiger partial charge is 0.169 e. The summed E-state index contributed by atoms with van der Waals surface area (Å²) < 4.78 is 23.5. The maximum Gasteiger partial charge on any atom is 0.169 e. The summed E-state index contributed by atoms with van der Waals surface area (Å²) in [5.41, 5.74) is 6.21. The quantitative estimate of drug-likeness (QED) is 0.917. The van der Waals surface area contributed by atoms with Crippen molar-refractivity contribution >= 4 is 17.4 Å². The van der Waals surface area contributed by atoms with E-state index in [1.165, 1.54) is 19.2 Å². The second-order valence-corrected chi connectivity index (χ2v) is 3.87. The molecule has 0 unspecified atom stereocenters. The summed E-state index contributed by atoms with van der Waals surface area (Å²) in [7, 11) is 1.47. The number of halogens is 2. The lowest BCUT2D eigenvalue weighted by molar-refractivity contribution is 0.181. The number of ether oxygens (including phenoxy) is 1. The topological polar surface area (TPSA) is 61.3 Å². The molecule has 1 heterocycles. The summed E-state index contributed by atoms with van der Waals surface area (Å²) in [6.07, 6.45) is 0. The van der Waals surface area contributed by atoms with Gasteiger partial charge in [0.25, 0.3) is 0 Å². The molecule has 4 nitrogen and oxygen atoms in total. The molecule has 90 valence electrons. The van der Waals surface area contributed by atoms with E-state index in [0.717, 1.165) is 0 Å². The monoisotopic (exact) mass is 256 g/mol. The average Bonchev–Trinajstić information content (AvgIpc) is 2.70. The van der Waals surface area contributed by atoms with Gasteiger partial charge >= 0.3 is 0 Å². The third-order valence-corrected chi connectivity index (χ3v) is 2.58. The van der Waals surface area contributed by atoms with Gasteiger partial charge in [0.1, 0.15) is 5.82 Å². The Labute approximate surface area is 102 Å². The van der Waals surface area contributed by atoms with Crippen LogP contribution in [0, 0.1) is 5.82 Å². The summed E-state index contributed by atoms with van der Waals surface area (Å²) >= 11 is 5.96. The molecule has 0 amide bonds. The van der Waals surface area contributed by atoms with E-state index in [9.17, 15) is 4.39 Å². The van der Waals surface area contributed by atoms with E-state index in [2.05, 4.69) is 5.16 Å². The zero-order valence-electron chi connectivity index (χ0n) is 9.04. The number of nitrogens with two attached hydrogens (primary N) is 1. The van der Waals surface area contributed by atoms with Crippen molar-refractivity contribution in [2.75, 3.05) is 12.8 Å². The van der Waals surface area contributed by atoms with E-state index in [4.69, 9.17) is 26.6 Å². The Morgan fingerprint density at radius 2 is 2.24 bits per heavy atom. The highest BCUT2D eigenvalue weighted by molar-refractivity contribution is 6.31. The first-order valence-corrected chi connectivity index (χ1v) is 5.19. The molecule has 0 saturated heterocycles. The van der Waals surface area contributed by atoms with Crippen LogP contribution < -0.4 is 5.73 Å². The fourth-order valence-corrected chi connectivity index (χ4v) is 1.71. The van der Waals surface area contributed by atoms with Gasteiger partial charge in [0, 0.05) is 29.3 Å². The van der Waals surface area contributed by atoms with Crippen molar-refractivity contribution in [2.24, 2.45) is 0 Å². The highest BCUT2D eigenvalue weighted by Gasteiger charge is 2.13. The van der Waals surface area contributed by atoms with Gasteiger partial charge in [-0.25, -0.2) is 4.39 Å². The van der Waals surface area contributed by atoms with Gasteiger partial charge < -0.3 is 15.0 Å². The molecule has 1 aromatic heterocycles. The van der Waals surface area contributed by atoms with Gasteiger partial charge in [-0.05, 0) is 12.1 Å². The molecule has 0 bridgehead atoms. The minimum absolute atomic E-state index is 0.115.